The molecule has 2 heterocycles. The Morgan fingerprint density at radius 1 is 1.45 bits per heavy atom. The first-order chi connectivity index (χ1) is 9.40. The van der Waals surface area contributed by atoms with E-state index in [1.54, 1.807) is 0 Å². The minimum Gasteiger partial charge on any atom is -0.481 e. The molecule has 1 aliphatic heterocycles. The maximum Gasteiger partial charge on any atom is 0.311 e. The van der Waals surface area contributed by atoms with Gasteiger partial charge in [-0.25, -0.2) is 9.97 Å². The lowest BCUT2D eigenvalue weighted by Crippen LogP contribution is -2.35. The zero-order valence-electron chi connectivity index (χ0n) is 12.3. The molecule has 0 unspecified atom stereocenters. The number of hydrogen-bond acceptors (Lipinski definition) is 4. The third-order valence-electron chi connectivity index (χ3n) is 4.71. The Balaban J connectivity index is 1.89. The molecular formula is C15H21N3O2. The number of rotatable bonds is 3. The van der Waals surface area contributed by atoms with E-state index in [0.717, 1.165) is 23.9 Å². The Bertz CT molecular complexity index is 556. The second kappa shape index (κ2) is 4.43. The molecule has 1 aromatic heterocycles. The first-order valence-electron chi connectivity index (χ1n) is 7.24. The van der Waals surface area contributed by atoms with Crippen molar-refractivity contribution in [1.29, 1.82) is 0 Å². The Morgan fingerprint density at radius 3 is 2.70 bits per heavy atom. The molecule has 1 N–H and O–H groups in total. The number of hydrogen-bond donors (Lipinski definition) is 1. The van der Waals surface area contributed by atoms with Gasteiger partial charge in [0.25, 0.3) is 0 Å². The molecule has 108 valence electrons. The lowest BCUT2D eigenvalue weighted by molar-refractivity contribution is -0.148. The number of aromatic nitrogens is 2. The Morgan fingerprint density at radius 2 is 2.15 bits per heavy atom. The second-order valence-electron chi connectivity index (χ2n) is 6.50. The zero-order valence-corrected chi connectivity index (χ0v) is 12.3. The molecular weight excluding hydrogens is 254 g/mol. The van der Waals surface area contributed by atoms with Crippen LogP contribution in [-0.2, 0) is 4.79 Å². The highest BCUT2D eigenvalue weighted by molar-refractivity contribution is 5.76. The summed E-state index contributed by atoms with van der Waals surface area (Å²) < 4.78 is 0. The SMILES string of the molecule is Cc1cc(N2C[C@@H](C)[C@](C)(C(=O)O)C2)nc(C2CC2)n1. The molecule has 1 saturated carbocycles. The fourth-order valence-electron chi connectivity index (χ4n) is 2.86. The standard InChI is InChI=1S/C15H21N3O2/c1-9-7-18(8-15(9,3)14(19)20)12-6-10(2)16-13(17-12)11-4-5-11/h6,9,11H,4-5,7-8H2,1-3H3,(H,19,20)/t9-,15-/m1/s1. The van der Waals surface area contributed by atoms with E-state index in [4.69, 9.17) is 0 Å². The van der Waals surface area contributed by atoms with Crippen molar-refractivity contribution < 1.29 is 9.90 Å². The van der Waals surface area contributed by atoms with Gasteiger partial charge >= 0.3 is 5.97 Å². The molecule has 0 radical (unpaired) electrons. The van der Waals surface area contributed by atoms with Gasteiger partial charge in [0.1, 0.15) is 11.6 Å². The van der Waals surface area contributed by atoms with Gasteiger partial charge < -0.3 is 10.0 Å². The zero-order chi connectivity index (χ0) is 14.5. The van der Waals surface area contributed by atoms with Crippen LogP contribution in [0, 0.1) is 18.3 Å². The molecule has 1 aliphatic carbocycles. The fraction of sp³-hybridized carbons (Fsp3) is 0.667. The van der Waals surface area contributed by atoms with Crippen LogP contribution in [0.5, 0.6) is 0 Å². The average molecular weight is 275 g/mol. The molecule has 0 bridgehead atoms. The lowest BCUT2D eigenvalue weighted by atomic mass is 9.81. The number of carboxylic acid groups (broad SMARTS) is 1. The van der Waals surface area contributed by atoms with Gasteiger partial charge in [0.05, 0.1) is 5.41 Å². The number of carbonyl (C=O) groups is 1. The van der Waals surface area contributed by atoms with Crippen LogP contribution in [0.25, 0.3) is 0 Å². The van der Waals surface area contributed by atoms with Crippen molar-refractivity contribution in [2.75, 3.05) is 18.0 Å². The molecule has 1 aromatic rings. The van der Waals surface area contributed by atoms with Crippen molar-refractivity contribution in [2.24, 2.45) is 11.3 Å². The van der Waals surface area contributed by atoms with E-state index in [2.05, 4.69) is 14.9 Å². The maximum absolute atomic E-state index is 11.5. The molecule has 0 amide bonds. The van der Waals surface area contributed by atoms with Crippen LogP contribution in [0.1, 0.15) is 44.1 Å². The van der Waals surface area contributed by atoms with Gasteiger partial charge in [-0.2, -0.15) is 0 Å². The van der Waals surface area contributed by atoms with Crippen molar-refractivity contribution in [3.63, 3.8) is 0 Å². The van der Waals surface area contributed by atoms with Gasteiger partial charge in [-0.3, -0.25) is 4.79 Å². The minimum absolute atomic E-state index is 0.111. The number of nitrogens with zero attached hydrogens (tertiary/aromatic N) is 3. The molecule has 0 aromatic carbocycles. The first-order valence-corrected chi connectivity index (χ1v) is 7.24. The highest BCUT2D eigenvalue weighted by atomic mass is 16.4. The minimum atomic E-state index is -0.722. The molecule has 2 fully saturated rings. The van der Waals surface area contributed by atoms with Crippen LogP contribution in [-0.4, -0.2) is 34.1 Å². The third kappa shape index (κ3) is 2.15. The van der Waals surface area contributed by atoms with E-state index in [-0.39, 0.29) is 5.92 Å². The third-order valence-corrected chi connectivity index (χ3v) is 4.71. The summed E-state index contributed by atoms with van der Waals surface area (Å²) in [5.74, 6) is 1.72. The Kier molecular flexibility index (Phi) is 2.96. The van der Waals surface area contributed by atoms with E-state index in [0.29, 0.717) is 12.5 Å². The Labute approximate surface area is 119 Å². The number of aliphatic carboxylic acids is 1. The largest absolute Gasteiger partial charge is 0.481 e. The van der Waals surface area contributed by atoms with Gasteiger partial charge in [0.15, 0.2) is 0 Å². The van der Waals surface area contributed by atoms with Crippen molar-refractivity contribution >= 4 is 11.8 Å². The summed E-state index contributed by atoms with van der Waals surface area (Å²) >= 11 is 0. The molecule has 1 saturated heterocycles. The monoisotopic (exact) mass is 275 g/mol. The number of carboxylic acids is 1. The van der Waals surface area contributed by atoms with E-state index in [1.165, 1.54) is 12.8 Å². The summed E-state index contributed by atoms with van der Waals surface area (Å²) in [6.45, 7) is 7.07. The van der Waals surface area contributed by atoms with Gasteiger partial charge in [0.2, 0.25) is 0 Å². The molecule has 0 spiro atoms. The second-order valence-corrected chi connectivity index (χ2v) is 6.50. The van der Waals surface area contributed by atoms with Crippen LogP contribution in [0.15, 0.2) is 6.07 Å². The highest BCUT2D eigenvalue weighted by Gasteiger charge is 2.47. The summed E-state index contributed by atoms with van der Waals surface area (Å²) in [6, 6.07) is 1.96. The normalized spacial score (nSPS) is 29.8. The summed E-state index contributed by atoms with van der Waals surface area (Å²) in [7, 11) is 0. The Hall–Kier alpha value is -1.65. The van der Waals surface area contributed by atoms with Crippen molar-refractivity contribution in [2.45, 2.75) is 39.5 Å². The molecule has 3 rings (SSSR count). The molecule has 5 heteroatoms. The van der Waals surface area contributed by atoms with Crippen LogP contribution >= 0.6 is 0 Å². The number of anilines is 1. The molecule has 2 aliphatic rings. The van der Waals surface area contributed by atoms with Gasteiger partial charge in [0, 0.05) is 30.8 Å². The summed E-state index contributed by atoms with van der Waals surface area (Å²) in [4.78, 5) is 22.8. The summed E-state index contributed by atoms with van der Waals surface area (Å²) in [6.07, 6.45) is 2.35. The van der Waals surface area contributed by atoms with E-state index >= 15 is 0 Å². The van der Waals surface area contributed by atoms with Crippen molar-refractivity contribution in [3.05, 3.63) is 17.6 Å². The summed E-state index contributed by atoms with van der Waals surface area (Å²) in [5, 5.41) is 9.46. The lowest BCUT2D eigenvalue weighted by Gasteiger charge is -2.23. The smallest absolute Gasteiger partial charge is 0.311 e. The van der Waals surface area contributed by atoms with Crippen LogP contribution < -0.4 is 4.90 Å². The van der Waals surface area contributed by atoms with Gasteiger partial charge in [-0.1, -0.05) is 6.92 Å². The van der Waals surface area contributed by atoms with Crippen molar-refractivity contribution in [3.8, 4) is 0 Å². The number of aryl methyl sites for hydroxylation is 1. The maximum atomic E-state index is 11.5. The predicted molar refractivity (Wildman–Crippen MR) is 75.9 cm³/mol. The topological polar surface area (TPSA) is 66.3 Å². The van der Waals surface area contributed by atoms with Crippen LogP contribution in [0.4, 0.5) is 5.82 Å². The quantitative estimate of drug-likeness (QED) is 0.916. The van der Waals surface area contributed by atoms with E-state index in [1.807, 2.05) is 26.8 Å². The highest BCUT2D eigenvalue weighted by Crippen LogP contribution is 2.41. The average Bonchev–Trinajstić information content (AvgIpc) is 3.16. The van der Waals surface area contributed by atoms with Gasteiger partial charge in [-0.15, -0.1) is 0 Å². The fourth-order valence-corrected chi connectivity index (χ4v) is 2.86. The van der Waals surface area contributed by atoms with Crippen LogP contribution in [0.2, 0.25) is 0 Å². The predicted octanol–water partition coefficient (Wildman–Crippen LogP) is 2.21. The summed E-state index contributed by atoms with van der Waals surface area (Å²) in [5.41, 5.74) is 0.270. The molecule has 20 heavy (non-hydrogen) atoms. The first kappa shape index (κ1) is 13.3. The van der Waals surface area contributed by atoms with Crippen molar-refractivity contribution in [1.82, 2.24) is 9.97 Å². The van der Waals surface area contributed by atoms with Gasteiger partial charge in [-0.05, 0) is 32.6 Å². The molecule has 5 nitrogen and oxygen atoms in total. The molecule has 2 atom stereocenters. The van der Waals surface area contributed by atoms with E-state index in [9.17, 15) is 9.90 Å². The van der Waals surface area contributed by atoms with Crippen LogP contribution in [0.3, 0.4) is 0 Å². The van der Waals surface area contributed by atoms with E-state index < -0.39 is 11.4 Å².